The summed E-state index contributed by atoms with van der Waals surface area (Å²) >= 11 is 0. The van der Waals surface area contributed by atoms with Crippen molar-refractivity contribution in [2.24, 2.45) is 5.73 Å². The summed E-state index contributed by atoms with van der Waals surface area (Å²) in [5.74, 6) is 0. The van der Waals surface area contributed by atoms with Gasteiger partial charge in [-0.25, -0.2) is 0 Å². The molecule has 0 radical (unpaired) electrons. The van der Waals surface area contributed by atoms with Crippen LogP contribution in [-0.2, 0) is 4.57 Å². The molecule has 1 unspecified atom stereocenters. The maximum absolute atomic E-state index is 10.3. The first kappa shape index (κ1) is 44.2. The monoisotopic (exact) mass is 649 g/mol. The molecule has 0 aliphatic heterocycles. The van der Waals surface area contributed by atoms with Gasteiger partial charge >= 0.3 is 8.03 Å². The largest absolute Gasteiger partial charge is 0.546 e. The Hall–Kier alpha value is -0.760. The molecule has 0 spiro atoms. The Bertz CT molecular complexity index is 664. The Morgan fingerprint density at radius 1 is 0.467 bits per heavy atom. The summed E-state index contributed by atoms with van der Waals surface area (Å²) in [4.78, 5) is 8.53. The van der Waals surface area contributed by atoms with Gasteiger partial charge in [0.15, 0.2) is 0 Å². The maximum Gasteiger partial charge on any atom is 0.546 e. The third-order valence-corrected chi connectivity index (χ3v) is 10.1. The van der Waals surface area contributed by atoms with Gasteiger partial charge in [-0.3, -0.25) is 0 Å². The van der Waals surface area contributed by atoms with Gasteiger partial charge in [0.2, 0.25) is 5.30 Å². The lowest BCUT2D eigenvalue weighted by Gasteiger charge is -2.11. The molecule has 0 heterocycles. The fraction of sp³-hybridized carbons (Fsp3) is 0.854. The highest BCUT2D eigenvalue weighted by Crippen LogP contribution is 2.17. The van der Waals surface area contributed by atoms with Crippen molar-refractivity contribution in [3.8, 4) is 0 Å². The number of nitrogens with two attached hydrogens (primary N) is 1. The summed E-state index contributed by atoms with van der Waals surface area (Å²) in [5.41, 5.74) is 6.38. The van der Waals surface area contributed by atoms with Crippen LogP contribution in [0.1, 0.15) is 219 Å². The van der Waals surface area contributed by atoms with Crippen LogP contribution in [-0.4, -0.2) is 10.9 Å². The van der Waals surface area contributed by atoms with Crippen LogP contribution >= 0.6 is 8.03 Å². The molecule has 0 saturated carbocycles. The first-order chi connectivity index (χ1) is 22.1. The number of unbranched alkanes of at least 4 members (excludes halogenated alkanes) is 28. The summed E-state index contributed by atoms with van der Waals surface area (Å²) in [7, 11) is -2.15. The second-order valence-electron chi connectivity index (χ2n) is 13.8. The molecule has 3 N–H and O–H groups in total. The molecule has 0 saturated heterocycles. The van der Waals surface area contributed by atoms with Gasteiger partial charge in [0.1, 0.15) is 0 Å². The van der Waals surface area contributed by atoms with Crippen molar-refractivity contribution in [3.63, 3.8) is 0 Å². The van der Waals surface area contributed by atoms with E-state index in [0.29, 0.717) is 11.3 Å². The van der Waals surface area contributed by atoms with Crippen LogP contribution in [0.3, 0.4) is 0 Å². The normalized spacial score (nSPS) is 11.5. The fourth-order valence-corrected chi connectivity index (χ4v) is 6.68. The van der Waals surface area contributed by atoms with Gasteiger partial charge in [0.25, 0.3) is 0 Å². The number of hydrogen-bond donors (Lipinski definition) is 2. The van der Waals surface area contributed by atoms with E-state index in [1.807, 2.05) is 6.07 Å². The predicted molar refractivity (Wildman–Crippen MR) is 203 cm³/mol. The summed E-state index contributed by atoms with van der Waals surface area (Å²) in [6.45, 7) is 4.61. The first-order valence-corrected chi connectivity index (χ1v) is 21.3. The van der Waals surface area contributed by atoms with Crippen LogP contribution in [0, 0.1) is 0 Å². The highest BCUT2D eigenvalue weighted by Gasteiger charge is 2.12. The van der Waals surface area contributed by atoms with E-state index in [1.54, 1.807) is 24.3 Å². The van der Waals surface area contributed by atoms with Gasteiger partial charge in [-0.1, -0.05) is 225 Å². The molecule has 1 aromatic carbocycles. The first-order valence-electron chi connectivity index (χ1n) is 20.1. The van der Waals surface area contributed by atoms with E-state index in [0.717, 1.165) is 0 Å². The van der Waals surface area contributed by atoms with E-state index in [4.69, 9.17) is 10.6 Å². The zero-order valence-electron chi connectivity index (χ0n) is 30.5. The van der Waals surface area contributed by atoms with Gasteiger partial charge in [-0.05, 0) is 29.5 Å². The Balaban J connectivity index is 0.00000182. The molecule has 0 amide bonds. The topological polar surface area (TPSA) is 63.3 Å². The molecule has 0 aliphatic rings. The lowest BCUT2D eigenvalue weighted by molar-refractivity contribution is 0.477. The maximum atomic E-state index is 10.3. The molecule has 0 aliphatic carbocycles. The lowest BCUT2D eigenvalue weighted by atomic mass is 10.00. The van der Waals surface area contributed by atoms with Crippen molar-refractivity contribution in [1.82, 2.24) is 0 Å². The SMILES string of the molecule is CCCCCCCCCCCCCCCCCC(N)CCCCCCCCCCCCCCCCC.O=[P+](O)c1ccccc1. The van der Waals surface area contributed by atoms with E-state index in [1.165, 1.54) is 205 Å². The van der Waals surface area contributed by atoms with Crippen molar-refractivity contribution in [1.29, 1.82) is 0 Å². The van der Waals surface area contributed by atoms with Crippen LogP contribution in [0.4, 0.5) is 0 Å². The summed E-state index contributed by atoms with van der Waals surface area (Å²) in [6, 6.07) is 8.99. The highest BCUT2D eigenvalue weighted by atomic mass is 31.1. The standard InChI is InChI=1S/C35H73N.C6H5O2P/c1-3-5-7-9-11-13-15-17-19-21-23-25-27-29-31-33-35(36)34-32-30-28-26-24-22-20-18-16-14-12-10-8-6-4-2;7-9(8)6-4-2-1-3-5-6/h35H,3-34,36H2,1-2H3;1-5H/p+1. The van der Waals surface area contributed by atoms with E-state index < -0.39 is 8.03 Å². The van der Waals surface area contributed by atoms with Crippen molar-refractivity contribution in [2.45, 2.75) is 225 Å². The molecule has 264 valence electrons. The molecule has 0 bridgehead atoms. The number of hydrogen-bond acceptors (Lipinski definition) is 2. The third kappa shape index (κ3) is 35.9. The minimum absolute atomic E-state index is 0.467. The molecule has 0 fully saturated rings. The van der Waals surface area contributed by atoms with Crippen molar-refractivity contribution >= 4 is 13.3 Å². The number of rotatable bonds is 33. The van der Waals surface area contributed by atoms with Gasteiger partial charge in [-0.2, -0.15) is 4.89 Å². The molecule has 45 heavy (non-hydrogen) atoms. The molecular weight excluding hydrogens is 569 g/mol. The van der Waals surface area contributed by atoms with E-state index in [-0.39, 0.29) is 0 Å². The van der Waals surface area contributed by atoms with E-state index in [2.05, 4.69) is 13.8 Å². The van der Waals surface area contributed by atoms with Crippen LogP contribution in [0.15, 0.2) is 30.3 Å². The van der Waals surface area contributed by atoms with Gasteiger partial charge in [0, 0.05) is 6.04 Å². The Kier molecular flexibility index (Phi) is 37.1. The smallest absolute Gasteiger partial charge is 0.328 e. The molecule has 3 nitrogen and oxygen atoms in total. The van der Waals surface area contributed by atoms with Crippen molar-refractivity contribution in [3.05, 3.63) is 30.3 Å². The average molecular weight is 649 g/mol. The summed E-state index contributed by atoms with van der Waals surface area (Å²) < 4.78 is 10.3. The minimum atomic E-state index is -2.15. The Labute approximate surface area is 283 Å². The van der Waals surface area contributed by atoms with Crippen LogP contribution in [0.2, 0.25) is 0 Å². The molecule has 1 aromatic rings. The number of benzene rings is 1. The van der Waals surface area contributed by atoms with Crippen molar-refractivity contribution < 1.29 is 9.46 Å². The fourth-order valence-electron chi connectivity index (χ4n) is 6.26. The van der Waals surface area contributed by atoms with E-state index >= 15 is 0 Å². The van der Waals surface area contributed by atoms with Gasteiger partial charge < -0.3 is 5.73 Å². The third-order valence-electron chi connectivity index (χ3n) is 9.33. The van der Waals surface area contributed by atoms with Gasteiger partial charge in [-0.15, -0.1) is 0 Å². The van der Waals surface area contributed by atoms with Crippen LogP contribution < -0.4 is 11.0 Å². The second-order valence-corrected chi connectivity index (χ2v) is 14.9. The molecular formula is C41H79NO2P+. The molecule has 4 heteroatoms. The Morgan fingerprint density at radius 2 is 0.711 bits per heavy atom. The minimum Gasteiger partial charge on any atom is -0.328 e. The lowest BCUT2D eigenvalue weighted by Crippen LogP contribution is -2.19. The zero-order chi connectivity index (χ0) is 32.9. The second kappa shape index (κ2) is 37.7. The van der Waals surface area contributed by atoms with Gasteiger partial charge in [0.05, 0.1) is 0 Å². The quantitative estimate of drug-likeness (QED) is 0.0589. The predicted octanol–water partition coefficient (Wildman–Crippen LogP) is 13.9. The van der Waals surface area contributed by atoms with Crippen molar-refractivity contribution in [2.75, 3.05) is 0 Å². The summed E-state index contributed by atoms with van der Waals surface area (Å²) in [5, 5.41) is 0.479. The molecule has 0 aromatic heterocycles. The molecule has 1 rings (SSSR count). The Morgan fingerprint density at radius 3 is 0.933 bits per heavy atom. The summed E-state index contributed by atoms with van der Waals surface area (Å²) in [6.07, 6.45) is 45.9. The average Bonchev–Trinajstić information content (AvgIpc) is 3.05. The van der Waals surface area contributed by atoms with Crippen LogP contribution in [0.5, 0.6) is 0 Å². The molecule has 1 atom stereocenters. The van der Waals surface area contributed by atoms with E-state index in [9.17, 15) is 4.57 Å². The highest BCUT2D eigenvalue weighted by molar-refractivity contribution is 7.47. The van der Waals surface area contributed by atoms with Crippen LogP contribution in [0.25, 0.3) is 0 Å². The zero-order valence-corrected chi connectivity index (χ0v) is 31.4.